The monoisotopic (exact) mass is 425 g/mol. The van der Waals surface area contributed by atoms with Crippen molar-refractivity contribution in [2.45, 2.75) is 30.0 Å². The van der Waals surface area contributed by atoms with Gasteiger partial charge in [-0.25, -0.2) is 13.2 Å². The molecule has 0 saturated heterocycles. The molecule has 2 aromatic rings. The van der Waals surface area contributed by atoms with Gasteiger partial charge >= 0.3 is 12.1 Å². The summed E-state index contributed by atoms with van der Waals surface area (Å²) in [4.78, 5) is 11.8. The van der Waals surface area contributed by atoms with Crippen molar-refractivity contribution in [2.24, 2.45) is 0 Å². The summed E-state index contributed by atoms with van der Waals surface area (Å²) in [5, 5.41) is 9.54. The Kier molecular flexibility index (Phi) is 5.81. The zero-order chi connectivity index (χ0) is 21.2. The van der Waals surface area contributed by atoms with Crippen molar-refractivity contribution >= 4 is 22.1 Å². The minimum absolute atomic E-state index is 0.0613. The first-order valence-electron chi connectivity index (χ1n) is 8.77. The van der Waals surface area contributed by atoms with Crippen LogP contribution in [-0.4, -0.2) is 36.4 Å². The summed E-state index contributed by atoms with van der Waals surface area (Å²) in [5.74, 6) is -1.33. The van der Waals surface area contributed by atoms with Crippen molar-refractivity contribution in [3.8, 4) is 0 Å². The Balaban J connectivity index is 1.90. The van der Waals surface area contributed by atoms with Gasteiger partial charge in [0.15, 0.2) is 0 Å². The average Bonchev–Trinajstić information content (AvgIpc) is 3.50. The van der Waals surface area contributed by atoms with Crippen LogP contribution in [0.5, 0.6) is 0 Å². The number of rotatable bonds is 7. The molecule has 0 aliphatic heterocycles. The van der Waals surface area contributed by atoms with E-state index in [1.165, 1.54) is 18.2 Å². The largest absolute Gasteiger partial charge is 0.478 e. The minimum atomic E-state index is -4.50. The molecule has 1 saturated carbocycles. The molecule has 0 atom stereocenters. The van der Waals surface area contributed by atoms with E-state index in [1.54, 1.807) is 18.2 Å². The predicted molar refractivity (Wildman–Crippen MR) is 100 cm³/mol. The van der Waals surface area contributed by atoms with Crippen LogP contribution in [0.3, 0.4) is 0 Å². The van der Waals surface area contributed by atoms with E-state index in [1.807, 2.05) is 0 Å². The van der Waals surface area contributed by atoms with Crippen LogP contribution in [0.15, 0.2) is 65.1 Å². The molecule has 2 aromatic carbocycles. The highest BCUT2D eigenvalue weighted by atomic mass is 32.2. The molecular weight excluding hydrogens is 407 g/mol. The molecule has 3 rings (SSSR count). The summed E-state index contributed by atoms with van der Waals surface area (Å²) >= 11 is 0. The molecule has 1 aliphatic rings. The Morgan fingerprint density at radius 2 is 1.66 bits per heavy atom. The van der Waals surface area contributed by atoms with Crippen molar-refractivity contribution in [3.05, 3.63) is 71.3 Å². The third-order valence-electron chi connectivity index (χ3n) is 4.48. The van der Waals surface area contributed by atoms with E-state index >= 15 is 0 Å². The summed E-state index contributed by atoms with van der Waals surface area (Å²) in [6, 6.07) is 11.4. The molecule has 29 heavy (non-hydrogen) atoms. The van der Waals surface area contributed by atoms with Crippen LogP contribution in [0.25, 0.3) is 6.08 Å². The first kappa shape index (κ1) is 21.1. The third kappa shape index (κ3) is 5.04. The topological polar surface area (TPSA) is 74.7 Å². The van der Waals surface area contributed by atoms with Gasteiger partial charge in [0.25, 0.3) is 0 Å². The van der Waals surface area contributed by atoms with Gasteiger partial charge in [0, 0.05) is 12.6 Å². The van der Waals surface area contributed by atoms with Crippen molar-refractivity contribution in [3.63, 3.8) is 0 Å². The zero-order valence-electron chi connectivity index (χ0n) is 15.1. The number of hydrogen-bond donors (Lipinski definition) is 1. The van der Waals surface area contributed by atoms with E-state index in [-0.39, 0.29) is 28.6 Å². The molecule has 0 amide bonds. The Labute approximate surface area is 166 Å². The number of carboxylic acids is 1. The number of aliphatic carboxylic acids is 1. The zero-order valence-corrected chi connectivity index (χ0v) is 15.9. The Bertz CT molecular complexity index is 1010. The van der Waals surface area contributed by atoms with Gasteiger partial charge in [-0.2, -0.15) is 17.5 Å². The second-order valence-electron chi connectivity index (χ2n) is 6.69. The number of halogens is 3. The second kappa shape index (κ2) is 8.00. The first-order valence-corrected chi connectivity index (χ1v) is 10.2. The Hall–Kier alpha value is -2.65. The number of hydrogen-bond acceptors (Lipinski definition) is 3. The number of alkyl halides is 3. The maximum absolute atomic E-state index is 13.0. The fourth-order valence-electron chi connectivity index (χ4n) is 2.81. The van der Waals surface area contributed by atoms with E-state index < -0.39 is 27.7 Å². The summed E-state index contributed by atoms with van der Waals surface area (Å²) in [5.41, 5.74) is -0.836. The van der Waals surface area contributed by atoms with E-state index in [4.69, 9.17) is 0 Å². The number of nitrogens with zero attached hydrogens (tertiary/aromatic N) is 1. The molecule has 0 bridgehead atoms. The maximum atomic E-state index is 13.0. The second-order valence-corrected chi connectivity index (χ2v) is 8.58. The highest BCUT2D eigenvalue weighted by molar-refractivity contribution is 7.89. The van der Waals surface area contributed by atoms with Crippen molar-refractivity contribution < 1.29 is 31.5 Å². The lowest BCUT2D eigenvalue weighted by Gasteiger charge is -2.22. The maximum Gasteiger partial charge on any atom is 0.416 e. The SMILES string of the molecule is O=C(O)/C(=C/c1ccc(C(F)(F)F)cc1)CN(C1CC1)S(=O)(=O)c1ccccc1. The van der Waals surface area contributed by atoms with E-state index in [9.17, 15) is 31.5 Å². The van der Waals surface area contributed by atoms with Gasteiger partial charge in [-0.3, -0.25) is 0 Å². The molecular formula is C20H18F3NO4S. The van der Waals surface area contributed by atoms with E-state index in [0.717, 1.165) is 28.6 Å². The molecule has 9 heteroatoms. The van der Waals surface area contributed by atoms with Gasteiger partial charge in [0.05, 0.1) is 16.0 Å². The number of sulfonamides is 1. The molecule has 0 radical (unpaired) electrons. The third-order valence-corrected chi connectivity index (χ3v) is 6.40. The van der Waals surface area contributed by atoms with Crippen molar-refractivity contribution in [1.82, 2.24) is 4.31 Å². The Morgan fingerprint density at radius 1 is 1.07 bits per heavy atom. The smallest absolute Gasteiger partial charge is 0.416 e. The number of carbonyl (C=O) groups is 1. The highest BCUT2D eigenvalue weighted by Gasteiger charge is 2.39. The van der Waals surface area contributed by atoms with Crippen molar-refractivity contribution in [1.29, 1.82) is 0 Å². The summed E-state index contributed by atoms with van der Waals surface area (Å²) in [7, 11) is -3.90. The quantitative estimate of drug-likeness (QED) is 0.680. The minimum Gasteiger partial charge on any atom is -0.478 e. The van der Waals surface area contributed by atoms with Crippen LogP contribution < -0.4 is 0 Å². The number of carboxylic acid groups (broad SMARTS) is 1. The molecule has 0 aromatic heterocycles. The molecule has 0 spiro atoms. The standard InChI is InChI=1S/C20H18F3NO4S/c21-20(22,23)16-8-6-14(7-9-16)12-15(19(25)26)13-24(17-10-11-17)29(27,28)18-4-2-1-3-5-18/h1-9,12,17H,10-11,13H2,(H,25,26)/b15-12+. The van der Waals surface area contributed by atoms with Crippen LogP contribution in [0.4, 0.5) is 13.2 Å². The summed E-state index contributed by atoms with van der Waals surface area (Å²) in [6.07, 6.45) is -2.05. The summed E-state index contributed by atoms with van der Waals surface area (Å²) in [6.45, 7) is -0.377. The Morgan fingerprint density at radius 3 is 2.14 bits per heavy atom. The van der Waals surface area contributed by atoms with Gasteiger partial charge in [0.1, 0.15) is 0 Å². The van der Waals surface area contributed by atoms with Crippen LogP contribution in [-0.2, 0) is 21.0 Å². The van der Waals surface area contributed by atoms with Crippen LogP contribution in [0.1, 0.15) is 24.0 Å². The van der Waals surface area contributed by atoms with Crippen LogP contribution >= 0.6 is 0 Å². The molecule has 0 heterocycles. The van der Waals surface area contributed by atoms with Gasteiger partial charge in [-0.15, -0.1) is 0 Å². The molecule has 1 fully saturated rings. The predicted octanol–water partition coefficient (Wildman–Crippen LogP) is 4.03. The van der Waals surface area contributed by atoms with Gasteiger partial charge in [-0.1, -0.05) is 30.3 Å². The lowest BCUT2D eigenvalue weighted by molar-refractivity contribution is -0.137. The summed E-state index contributed by atoms with van der Waals surface area (Å²) < 4.78 is 65.1. The van der Waals surface area contributed by atoms with Gasteiger partial charge in [0.2, 0.25) is 10.0 Å². The fraction of sp³-hybridized carbons (Fsp3) is 0.250. The van der Waals surface area contributed by atoms with Crippen LogP contribution in [0, 0.1) is 0 Å². The lowest BCUT2D eigenvalue weighted by atomic mass is 10.1. The van der Waals surface area contributed by atoms with E-state index in [2.05, 4.69) is 0 Å². The van der Waals surface area contributed by atoms with E-state index in [0.29, 0.717) is 12.8 Å². The fourth-order valence-corrected chi connectivity index (χ4v) is 4.50. The normalized spacial score (nSPS) is 15.5. The first-order chi connectivity index (χ1) is 13.6. The molecule has 1 N–H and O–H groups in total. The number of benzene rings is 2. The van der Waals surface area contributed by atoms with Crippen LogP contribution in [0.2, 0.25) is 0 Å². The lowest BCUT2D eigenvalue weighted by Crippen LogP contribution is -2.36. The molecule has 0 unspecified atom stereocenters. The molecule has 154 valence electrons. The van der Waals surface area contributed by atoms with Crippen molar-refractivity contribution in [2.75, 3.05) is 6.54 Å². The van der Waals surface area contributed by atoms with Gasteiger partial charge in [-0.05, 0) is 48.7 Å². The highest BCUT2D eigenvalue weighted by Crippen LogP contribution is 2.33. The molecule has 5 nitrogen and oxygen atoms in total. The van der Waals surface area contributed by atoms with Gasteiger partial charge < -0.3 is 5.11 Å². The average molecular weight is 425 g/mol. The molecule has 1 aliphatic carbocycles.